The quantitative estimate of drug-likeness (QED) is 0.0479. The third kappa shape index (κ3) is 15.0. The summed E-state index contributed by atoms with van der Waals surface area (Å²) in [5.41, 5.74) is -3.43. The predicted molar refractivity (Wildman–Crippen MR) is 263 cm³/mol. The molecule has 3 saturated heterocycles. The molecule has 384 valence electrons. The van der Waals surface area contributed by atoms with Gasteiger partial charge in [0, 0.05) is 37.3 Å². The second-order valence-corrected chi connectivity index (χ2v) is 31.1. The molecule has 3 heterocycles. The van der Waals surface area contributed by atoms with Crippen LogP contribution in [0.15, 0.2) is 30.5 Å². The van der Waals surface area contributed by atoms with Gasteiger partial charge in [0.2, 0.25) is 0 Å². The third-order valence-electron chi connectivity index (χ3n) is 13.6. The first-order chi connectivity index (χ1) is 30.4. The number of nitrogens with zero attached hydrogens (tertiary/aromatic N) is 2. The molecule has 66 heavy (non-hydrogen) atoms. The van der Waals surface area contributed by atoms with E-state index in [0.717, 1.165) is 6.42 Å². The van der Waals surface area contributed by atoms with Crippen LogP contribution in [0.4, 0.5) is 0 Å². The molecule has 0 bridgehead atoms. The smallest absolute Gasteiger partial charge is 0.311 e. The van der Waals surface area contributed by atoms with Crippen LogP contribution in [0.25, 0.3) is 0 Å². The van der Waals surface area contributed by atoms with Crippen molar-refractivity contribution >= 4 is 28.3 Å². The number of hydrogen-bond acceptors (Lipinski definition) is 15. The minimum Gasteiger partial charge on any atom is -0.459 e. The molecule has 3 fully saturated rings. The summed E-state index contributed by atoms with van der Waals surface area (Å²) in [5.74, 6) is -3.44. The fraction of sp³-hybridized carbons (Fsp3) is 0.878. The fourth-order valence-corrected chi connectivity index (χ4v) is 12.5. The Balaban J connectivity index is 2.41. The number of esters is 1. The van der Waals surface area contributed by atoms with E-state index in [1.54, 1.807) is 40.0 Å². The highest BCUT2D eigenvalue weighted by molar-refractivity contribution is 6.70. The zero-order valence-corrected chi connectivity index (χ0v) is 46.3. The predicted octanol–water partition coefficient (Wildman–Crippen LogP) is 7.70. The minimum absolute atomic E-state index is 0.0449. The number of cyclic esters (lactones) is 1. The van der Waals surface area contributed by atoms with Crippen molar-refractivity contribution in [1.29, 1.82) is 0 Å². The van der Waals surface area contributed by atoms with E-state index in [9.17, 15) is 15.0 Å². The molecule has 2 N–H and O–H groups in total. The van der Waals surface area contributed by atoms with Crippen molar-refractivity contribution in [2.45, 2.75) is 218 Å². The molecule has 0 saturated carbocycles. The number of rotatable bonds is 17. The molecule has 18 atom stereocenters. The molecule has 0 aromatic rings. The molecule has 0 radical (unpaired) electrons. The number of methoxy groups -OCH3 is 1. The van der Waals surface area contributed by atoms with Gasteiger partial charge < -0.3 is 62.0 Å². The Kier molecular flexibility index (Phi) is 21.4. The highest BCUT2D eigenvalue weighted by Crippen LogP contribution is 2.43. The van der Waals surface area contributed by atoms with Gasteiger partial charge in [0.25, 0.3) is 0 Å². The molecule has 3 aliphatic rings. The SMILES string of the molecule is C=CCO/N=C1\[C@H](C)C[C@@](C)(OCC=C)[C@H](O[C@@H]2O[C@H](C)C[C@H](N(C)C)[C@H]2O[Si](C)(C)C)[C@@H](C)[C@H](O[C@H]2C[C@@](C)(OC)[C@@H](O[Si](C)(C)C)[C@H](C)O2)[C@@H](C)C(=O)O[C@H](CC)[C@@](C)(O)[C@H](O)[C@H]1C. The summed E-state index contributed by atoms with van der Waals surface area (Å²) in [6, 6.07) is -0.0449. The van der Waals surface area contributed by atoms with Crippen molar-refractivity contribution in [2.75, 3.05) is 34.4 Å². The lowest BCUT2D eigenvalue weighted by Crippen LogP contribution is -2.63. The van der Waals surface area contributed by atoms with E-state index in [1.165, 1.54) is 6.92 Å². The molecule has 3 rings (SSSR count). The Hall–Kier alpha value is -1.59. The number of carbonyl (C=O) groups excluding carboxylic acids is 1. The van der Waals surface area contributed by atoms with Crippen LogP contribution in [-0.4, -0.2) is 162 Å². The number of hydrogen-bond donors (Lipinski definition) is 2. The van der Waals surface area contributed by atoms with Gasteiger partial charge >= 0.3 is 5.97 Å². The van der Waals surface area contributed by atoms with Crippen molar-refractivity contribution < 1.29 is 61.9 Å². The summed E-state index contributed by atoms with van der Waals surface area (Å²) in [6.07, 6.45) is -2.77. The molecule has 0 aliphatic carbocycles. The average molecular weight is 973 g/mol. The topological polar surface area (TPSA) is 165 Å². The highest BCUT2D eigenvalue weighted by atomic mass is 28.4. The lowest BCUT2D eigenvalue weighted by molar-refractivity contribution is -0.317. The van der Waals surface area contributed by atoms with Crippen molar-refractivity contribution in [3.8, 4) is 0 Å². The summed E-state index contributed by atoms with van der Waals surface area (Å²) in [6.45, 7) is 39.7. The fourth-order valence-electron chi connectivity index (χ4n) is 10.2. The molecule has 17 heteroatoms. The van der Waals surface area contributed by atoms with E-state index < -0.39 is 112 Å². The Labute approximate surface area is 400 Å². The molecule has 0 aromatic carbocycles. The Morgan fingerprint density at radius 1 is 0.848 bits per heavy atom. The van der Waals surface area contributed by atoms with Crippen molar-refractivity contribution in [2.24, 2.45) is 28.8 Å². The van der Waals surface area contributed by atoms with Crippen LogP contribution in [0.2, 0.25) is 39.3 Å². The van der Waals surface area contributed by atoms with E-state index in [1.807, 2.05) is 55.6 Å². The van der Waals surface area contributed by atoms with Crippen LogP contribution in [0.1, 0.15) is 94.9 Å². The van der Waals surface area contributed by atoms with Crippen LogP contribution in [0.3, 0.4) is 0 Å². The number of carbonyl (C=O) groups is 1. The van der Waals surface area contributed by atoms with Crippen molar-refractivity contribution in [3.05, 3.63) is 25.3 Å². The molecule has 0 aromatic heterocycles. The van der Waals surface area contributed by atoms with Crippen LogP contribution < -0.4 is 0 Å². The first-order valence-electron chi connectivity index (χ1n) is 24.3. The molecular formula is C49H92N2O13Si2. The van der Waals surface area contributed by atoms with Gasteiger partial charge in [-0.3, -0.25) is 4.79 Å². The van der Waals surface area contributed by atoms with E-state index in [2.05, 4.69) is 62.5 Å². The van der Waals surface area contributed by atoms with Crippen LogP contribution in [0.5, 0.6) is 0 Å². The van der Waals surface area contributed by atoms with Gasteiger partial charge in [-0.2, -0.15) is 0 Å². The van der Waals surface area contributed by atoms with Crippen molar-refractivity contribution in [3.63, 3.8) is 0 Å². The number of likely N-dealkylation sites (N-methyl/N-ethyl adjacent to an activating group) is 1. The number of aliphatic hydroxyl groups is 2. The Morgan fingerprint density at radius 3 is 1.98 bits per heavy atom. The normalized spacial score (nSPS) is 42.1. The van der Waals surface area contributed by atoms with Gasteiger partial charge in [0.1, 0.15) is 24.4 Å². The Morgan fingerprint density at radius 2 is 1.45 bits per heavy atom. The number of oxime groups is 1. The highest BCUT2D eigenvalue weighted by Gasteiger charge is 2.55. The summed E-state index contributed by atoms with van der Waals surface area (Å²) in [5, 5.41) is 28.9. The number of ether oxygens (including phenoxy) is 7. The van der Waals surface area contributed by atoms with Gasteiger partial charge in [-0.1, -0.05) is 51.6 Å². The molecule has 0 spiro atoms. The molecule has 0 amide bonds. The standard InChI is InChI=1S/C49H92N2O13Si2/c1-22-25-56-48(11)28-30(4)39(50-57-26-23-2)32(6)42(52)49(12,54)37(24-3)60-45(53)34(8)40(61-38-29-47(10,55-15)44(35(9)59-38)64-66(19,20)21)33(7)43(48)62-46-41(63-65(16,17)18)36(51(13)14)27-31(5)58-46/h22-23,30-38,40-44,46,52,54H,1-2,24-29H2,3-21H3/b50-39+/t30-,31-,32+,33+,34-,35+,36+,37-,38+,40+,41-,42-,43-,44+,46+,47-,48-,49-/m1/s1. The maximum atomic E-state index is 14.8. The van der Waals surface area contributed by atoms with Crippen LogP contribution in [-0.2, 0) is 51.6 Å². The van der Waals surface area contributed by atoms with E-state index in [4.69, 9.17) is 46.8 Å². The zero-order valence-electron chi connectivity index (χ0n) is 44.3. The number of aliphatic hydroxyl groups excluding tert-OH is 1. The van der Waals surface area contributed by atoms with E-state index in [-0.39, 0.29) is 44.3 Å². The summed E-state index contributed by atoms with van der Waals surface area (Å²) in [7, 11) is 1.50. The van der Waals surface area contributed by atoms with E-state index in [0.29, 0.717) is 12.1 Å². The second kappa shape index (κ2) is 24.0. The van der Waals surface area contributed by atoms with E-state index >= 15 is 0 Å². The minimum atomic E-state index is -2.21. The lowest BCUT2D eigenvalue weighted by Gasteiger charge is -2.52. The maximum Gasteiger partial charge on any atom is 0.311 e. The van der Waals surface area contributed by atoms with Gasteiger partial charge in [-0.15, -0.1) is 6.58 Å². The second-order valence-electron chi connectivity index (χ2n) is 22.1. The third-order valence-corrected chi connectivity index (χ3v) is 15.6. The average Bonchev–Trinajstić information content (AvgIpc) is 3.21. The first kappa shape index (κ1) is 58.7. The van der Waals surface area contributed by atoms with Gasteiger partial charge in [-0.05, 0) is 114 Å². The zero-order chi connectivity index (χ0) is 50.3. The first-order valence-corrected chi connectivity index (χ1v) is 31.1. The van der Waals surface area contributed by atoms with Gasteiger partial charge in [0.05, 0.1) is 66.1 Å². The lowest BCUT2D eigenvalue weighted by atomic mass is 9.73. The molecule has 3 aliphatic heterocycles. The Bertz CT molecular complexity index is 1590. The molecule has 0 unspecified atom stereocenters. The largest absolute Gasteiger partial charge is 0.459 e. The van der Waals surface area contributed by atoms with Crippen LogP contribution >= 0.6 is 0 Å². The summed E-state index contributed by atoms with van der Waals surface area (Å²) in [4.78, 5) is 22.7. The van der Waals surface area contributed by atoms with Crippen LogP contribution in [0, 0.1) is 23.7 Å². The van der Waals surface area contributed by atoms with Gasteiger partial charge in [0.15, 0.2) is 29.2 Å². The molecular weight excluding hydrogens is 881 g/mol. The van der Waals surface area contributed by atoms with Gasteiger partial charge in [-0.25, -0.2) is 0 Å². The molecule has 15 nitrogen and oxygen atoms in total. The maximum absolute atomic E-state index is 14.8. The summed E-state index contributed by atoms with van der Waals surface area (Å²) < 4.78 is 61.3. The monoisotopic (exact) mass is 973 g/mol. The van der Waals surface area contributed by atoms with Crippen molar-refractivity contribution in [1.82, 2.24) is 4.90 Å². The summed E-state index contributed by atoms with van der Waals surface area (Å²) >= 11 is 0.